The molecule has 1 unspecified atom stereocenters. The Balaban J connectivity index is 1.91. The number of aromatic nitrogens is 3. The van der Waals surface area contributed by atoms with Crippen LogP contribution in [0.1, 0.15) is 23.7 Å². The van der Waals surface area contributed by atoms with E-state index in [0.29, 0.717) is 6.04 Å². The van der Waals surface area contributed by atoms with E-state index in [1.54, 1.807) is 0 Å². The molecule has 1 aliphatic heterocycles. The van der Waals surface area contributed by atoms with Crippen molar-refractivity contribution in [1.82, 2.24) is 15.0 Å². The normalized spacial score (nSPS) is 18.9. The summed E-state index contributed by atoms with van der Waals surface area (Å²) in [5.41, 5.74) is 3.78. The molecular weight excluding hydrogens is 200 g/mol. The Hall–Kier alpha value is -1.84. The number of hydrogen-bond donors (Lipinski definition) is 1. The first-order valence-corrected chi connectivity index (χ1v) is 5.53. The van der Waals surface area contributed by atoms with Gasteiger partial charge in [-0.2, -0.15) is 0 Å². The zero-order chi connectivity index (χ0) is 11.0. The molecule has 0 saturated carbocycles. The molecule has 0 fully saturated rings. The number of para-hydroxylation sites is 1. The third kappa shape index (κ3) is 1.46. The summed E-state index contributed by atoms with van der Waals surface area (Å²) >= 11 is 0. The highest BCUT2D eigenvalue weighted by Crippen LogP contribution is 2.31. The largest absolute Gasteiger partial charge is 0.376 e. The second-order valence-corrected chi connectivity index (χ2v) is 4.18. The van der Waals surface area contributed by atoms with Gasteiger partial charge in [-0.3, -0.25) is 4.68 Å². The lowest BCUT2D eigenvalue weighted by molar-refractivity contribution is 0.590. The van der Waals surface area contributed by atoms with Crippen LogP contribution in [0.25, 0.3) is 0 Å². The number of aryl methyl sites for hydroxylation is 2. The number of fused-ring (bicyclic) bond motifs is 1. The van der Waals surface area contributed by atoms with Gasteiger partial charge in [0.2, 0.25) is 0 Å². The number of nitrogens with one attached hydrogen (secondary N) is 1. The lowest BCUT2D eigenvalue weighted by atomic mass is 9.96. The van der Waals surface area contributed by atoms with Crippen LogP contribution in [0.15, 0.2) is 30.5 Å². The molecule has 0 saturated heterocycles. The summed E-state index contributed by atoms with van der Waals surface area (Å²) < 4.78 is 1.84. The van der Waals surface area contributed by atoms with E-state index in [0.717, 1.165) is 18.5 Å². The topological polar surface area (TPSA) is 42.7 Å². The highest BCUT2D eigenvalue weighted by atomic mass is 15.4. The Morgan fingerprint density at radius 3 is 3.06 bits per heavy atom. The first-order chi connectivity index (χ1) is 7.84. The van der Waals surface area contributed by atoms with Gasteiger partial charge in [0.15, 0.2) is 0 Å². The quantitative estimate of drug-likeness (QED) is 0.788. The van der Waals surface area contributed by atoms with E-state index in [1.165, 1.54) is 11.3 Å². The molecule has 0 aliphatic carbocycles. The van der Waals surface area contributed by atoms with Crippen LogP contribution in [0, 0.1) is 0 Å². The third-order valence-corrected chi connectivity index (χ3v) is 3.16. The summed E-state index contributed by atoms with van der Waals surface area (Å²) in [6, 6.07) is 8.79. The van der Waals surface area contributed by atoms with E-state index in [-0.39, 0.29) is 0 Å². The van der Waals surface area contributed by atoms with Gasteiger partial charge in [-0.05, 0) is 24.5 Å². The van der Waals surface area contributed by atoms with Crippen molar-refractivity contribution in [2.24, 2.45) is 7.05 Å². The Labute approximate surface area is 94.3 Å². The summed E-state index contributed by atoms with van der Waals surface area (Å²) in [7, 11) is 1.94. The molecule has 0 spiro atoms. The molecule has 2 aromatic rings. The van der Waals surface area contributed by atoms with E-state index < -0.39 is 0 Å². The average Bonchev–Trinajstić information content (AvgIpc) is 2.75. The van der Waals surface area contributed by atoms with Crippen molar-refractivity contribution in [3.05, 3.63) is 41.7 Å². The number of nitrogens with zero attached hydrogens (tertiary/aromatic N) is 3. The third-order valence-electron chi connectivity index (χ3n) is 3.16. The van der Waals surface area contributed by atoms with Gasteiger partial charge in [-0.1, -0.05) is 23.4 Å². The lowest BCUT2D eigenvalue weighted by Gasteiger charge is -2.26. The van der Waals surface area contributed by atoms with Crippen molar-refractivity contribution in [2.45, 2.75) is 18.9 Å². The van der Waals surface area contributed by atoms with Gasteiger partial charge >= 0.3 is 0 Å². The van der Waals surface area contributed by atoms with Gasteiger partial charge < -0.3 is 5.32 Å². The van der Waals surface area contributed by atoms with Crippen molar-refractivity contribution in [3.8, 4) is 0 Å². The summed E-state index contributed by atoms with van der Waals surface area (Å²) in [6.45, 7) is 0. The molecule has 82 valence electrons. The first kappa shape index (κ1) is 9.39. The van der Waals surface area contributed by atoms with Gasteiger partial charge in [0.1, 0.15) is 0 Å². The first-order valence-electron chi connectivity index (χ1n) is 5.53. The molecular formula is C12H14N4. The summed E-state index contributed by atoms with van der Waals surface area (Å²) in [6.07, 6.45) is 4.04. The SMILES string of the molecule is Cn1nncc1C1CCc2ccccc2N1. The van der Waals surface area contributed by atoms with Crippen LogP contribution < -0.4 is 5.32 Å². The summed E-state index contributed by atoms with van der Waals surface area (Å²) in [5, 5.41) is 11.4. The van der Waals surface area contributed by atoms with Crippen LogP contribution in [0.3, 0.4) is 0 Å². The van der Waals surface area contributed by atoms with Crippen LogP contribution >= 0.6 is 0 Å². The molecule has 0 amide bonds. The molecule has 1 atom stereocenters. The van der Waals surface area contributed by atoms with Crippen LogP contribution in [-0.4, -0.2) is 15.0 Å². The van der Waals surface area contributed by atoms with Gasteiger partial charge in [-0.25, -0.2) is 0 Å². The van der Waals surface area contributed by atoms with Gasteiger partial charge in [-0.15, -0.1) is 5.10 Å². The molecule has 4 nitrogen and oxygen atoms in total. The predicted octanol–water partition coefficient (Wildman–Crippen LogP) is 1.91. The maximum absolute atomic E-state index is 3.97. The fraction of sp³-hybridized carbons (Fsp3) is 0.333. The van der Waals surface area contributed by atoms with Crippen molar-refractivity contribution >= 4 is 5.69 Å². The van der Waals surface area contributed by atoms with Gasteiger partial charge in [0, 0.05) is 12.7 Å². The zero-order valence-electron chi connectivity index (χ0n) is 9.22. The van der Waals surface area contributed by atoms with E-state index in [1.807, 2.05) is 17.9 Å². The molecule has 1 aromatic heterocycles. The van der Waals surface area contributed by atoms with E-state index in [4.69, 9.17) is 0 Å². The number of rotatable bonds is 1. The molecule has 1 aliphatic rings. The van der Waals surface area contributed by atoms with E-state index >= 15 is 0 Å². The van der Waals surface area contributed by atoms with Gasteiger partial charge in [0.25, 0.3) is 0 Å². The molecule has 4 heteroatoms. The molecule has 0 radical (unpaired) electrons. The van der Waals surface area contributed by atoms with Crippen molar-refractivity contribution in [2.75, 3.05) is 5.32 Å². The maximum Gasteiger partial charge on any atom is 0.0806 e. The minimum Gasteiger partial charge on any atom is -0.376 e. The molecule has 1 aromatic carbocycles. The Bertz CT molecular complexity index is 503. The molecule has 3 rings (SSSR count). The second-order valence-electron chi connectivity index (χ2n) is 4.18. The Morgan fingerprint density at radius 2 is 2.25 bits per heavy atom. The maximum atomic E-state index is 3.97. The summed E-state index contributed by atoms with van der Waals surface area (Å²) in [4.78, 5) is 0. The molecule has 2 heterocycles. The van der Waals surface area contributed by atoms with Crippen LogP contribution in [-0.2, 0) is 13.5 Å². The summed E-state index contributed by atoms with van der Waals surface area (Å²) in [5.74, 6) is 0. The van der Waals surface area contributed by atoms with E-state index in [9.17, 15) is 0 Å². The fourth-order valence-corrected chi connectivity index (χ4v) is 2.27. The standard InChI is InChI=1S/C12H14N4/c1-16-12(8-13-15-16)11-7-6-9-4-2-3-5-10(9)14-11/h2-5,8,11,14H,6-7H2,1H3. The minimum atomic E-state index is 0.329. The highest BCUT2D eigenvalue weighted by molar-refractivity contribution is 5.54. The molecule has 1 N–H and O–H groups in total. The smallest absolute Gasteiger partial charge is 0.0806 e. The average molecular weight is 214 g/mol. The number of benzene rings is 1. The number of hydrogen-bond acceptors (Lipinski definition) is 3. The van der Waals surface area contributed by atoms with Crippen molar-refractivity contribution < 1.29 is 0 Å². The monoisotopic (exact) mass is 214 g/mol. The van der Waals surface area contributed by atoms with Crippen LogP contribution in [0.4, 0.5) is 5.69 Å². The molecule has 16 heavy (non-hydrogen) atoms. The second kappa shape index (κ2) is 3.63. The fourth-order valence-electron chi connectivity index (χ4n) is 2.27. The Kier molecular flexibility index (Phi) is 2.13. The van der Waals surface area contributed by atoms with Crippen LogP contribution in [0.5, 0.6) is 0 Å². The van der Waals surface area contributed by atoms with Crippen molar-refractivity contribution in [1.29, 1.82) is 0 Å². The number of anilines is 1. The predicted molar refractivity (Wildman–Crippen MR) is 62.1 cm³/mol. The molecule has 0 bridgehead atoms. The van der Waals surface area contributed by atoms with Crippen LogP contribution in [0.2, 0.25) is 0 Å². The Morgan fingerprint density at radius 1 is 1.38 bits per heavy atom. The van der Waals surface area contributed by atoms with Gasteiger partial charge in [0.05, 0.1) is 17.9 Å². The van der Waals surface area contributed by atoms with E-state index in [2.05, 4.69) is 39.9 Å². The zero-order valence-corrected chi connectivity index (χ0v) is 9.22. The van der Waals surface area contributed by atoms with Crippen molar-refractivity contribution in [3.63, 3.8) is 0 Å². The minimum absolute atomic E-state index is 0.329. The lowest BCUT2D eigenvalue weighted by Crippen LogP contribution is -2.20. The highest BCUT2D eigenvalue weighted by Gasteiger charge is 2.21.